The van der Waals surface area contributed by atoms with Gasteiger partial charge in [0.1, 0.15) is 0 Å². The first kappa shape index (κ1) is 16.5. The molecule has 0 atom stereocenters. The van der Waals surface area contributed by atoms with E-state index in [1.807, 2.05) is 0 Å². The Balaban J connectivity index is 1.82. The Morgan fingerprint density at radius 2 is 1.81 bits per heavy atom. The molecule has 0 unspecified atom stereocenters. The normalized spacial score (nSPS) is 19.1. The zero-order valence-electron chi connectivity index (χ0n) is 14.3. The molecule has 2 rings (SSSR count). The van der Waals surface area contributed by atoms with Gasteiger partial charge >= 0.3 is 0 Å². The maximum Gasteiger partial charge on any atom is 0.0233 e. The van der Waals surface area contributed by atoms with E-state index in [4.69, 9.17) is 0 Å². The second-order valence-electron chi connectivity index (χ2n) is 7.65. The van der Waals surface area contributed by atoms with E-state index >= 15 is 0 Å². The number of nitrogens with zero attached hydrogens (tertiary/aromatic N) is 1. The summed E-state index contributed by atoms with van der Waals surface area (Å²) in [4.78, 5) is 2.61. The van der Waals surface area contributed by atoms with Crippen LogP contribution in [-0.2, 0) is 13.0 Å². The lowest BCUT2D eigenvalue weighted by Crippen LogP contribution is -2.39. The molecule has 0 radical (unpaired) electrons. The Labute approximate surface area is 130 Å². The predicted octanol–water partition coefficient (Wildman–Crippen LogP) is 3.85. The van der Waals surface area contributed by atoms with Gasteiger partial charge in [-0.1, -0.05) is 52.0 Å². The van der Waals surface area contributed by atoms with Crippen LogP contribution in [0.3, 0.4) is 0 Å². The van der Waals surface area contributed by atoms with Crippen molar-refractivity contribution in [2.24, 2.45) is 5.41 Å². The monoisotopic (exact) mass is 288 g/mol. The van der Waals surface area contributed by atoms with Crippen LogP contribution in [0.1, 0.15) is 51.7 Å². The van der Waals surface area contributed by atoms with Gasteiger partial charge in [-0.3, -0.25) is 4.90 Å². The molecule has 0 amide bonds. The number of nitrogens with one attached hydrogen (secondary N) is 1. The smallest absolute Gasteiger partial charge is 0.0233 e. The maximum absolute atomic E-state index is 3.48. The van der Waals surface area contributed by atoms with Crippen molar-refractivity contribution in [3.05, 3.63) is 35.4 Å². The van der Waals surface area contributed by atoms with Gasteiger partial charge < -0.3 is 5.32 Å². The fourth-order valence-corrected chi connectivity index (χ4v) is 3.25. The highest BCUT2D eigenvalue weighted by Crippen LogP contribution is 2.29. The molecule has 118 valence electrons. The standard InChI is InChI=1S/C19H32N2/c1-16(2)20-12-10-17-6-8-18(9-7-17)14-21-13-5-11-19(3,4)15-21/h6-9,16,20H,5,10-15H2,1-4H3. The van der Waals surface area contributed by atoms with Crippen LogP contribution in [-0.4, -0.2) is 30.6 Å². The molecular formula is C19H32N2. The predicted molar refractivity (Wildman–Crippen MR) is 91.6 cm³/mol. The SMILES string of the molecule is CC(C)NCCc1ccc(CN2CCCC(C)(C)C2)cc1. The Kier molecular flexibility index (Phi) is 5.83. The first-order chi connectivity index (χ1) is 9.94. The fraction of sp³-hybridized carbons (Fsp3) is 0.684. The lowest BCUT2D eigenvalue weighted by Gasteiger charge is -2.38. The highest BCUT2D eigenvalue weighted by atomic mass is 15.1. The van der Waals surface area contributed by atoms with Crippen LogP contribution >= 0.6 is 0 Å². The molecule has 1 N–H and O–H groups in total. The van der Waals surface area contributed by atoms with Gasteiger partial charge in [0, 0.05) is 19.1 Å². The molecule has 1 aliphatic rings. The van der Waals surface area contributed by atoms with Gasteiger partial charge in [0.2, 0.25) is 0 Å². The van der Waals surface area contributed by atoms with Crippen LogP contribution in [0.15, 0.2) is 24.3 Å². The fourth-order valence-electron chi connectivity index (χ4n) is 3.25. The van der Waals surface area contributed by atoms with Crippen molar-refractivity contribution in [1.82, 2.24) is 10.2 Å². The first-order valence-electron chi connectivity index (χ1n) is 8.48. The topological polar surface area (TPSA) is 15.3 Å². The largest absolute Gasteiger partial charge is 0.314 e. The lowest BCUT2D eigenvalue weighted by atomic mass is 9.84. The van der Waals surface area contributed by atoms with Crippen molar-refractivity contribution in [2.45, 2.75) is 59.5 Å². The molecule has 0 aromatic heterocycles. The second kappa shape index (κ2) is 7.42. The van der Waals surface area contributed by atoms with E-state index < -0.39 is 0 Å². The lowest BCUT2D eigenvalue weighted by molar-refractivity contribution is 0.111. The Morgan fingerprint density at radius 1 is 1.14 bits per heavy atom. The van der Waals surface area contributed by atoms with Crippen molar-refractivity contribution >= 4 is 0 Å². The quantitative estimate of drug-likeness (QED) is 0.855. The molecule has 1 heterocycles. The summed E-state index contributed by atoms with van der Waals surface area (Å²) in [5, 5.41) is 3.48. The first-order valence-corrected chi connectivity index (χ1v) is 8.48. The summed E-state index contributed by atoms with van der Waals surface area (Å²) in [6.07, 6.45) is 3.83. The van der Waals surface area contributed by atoms with E-state index in [0.717, 1.165) is 19.5 Å². The van der Waals surface area contributed by atoms with E-state index in [1.165, 1.54) is 37.1 Å². The molecule has 1 saturated heterocycles. The molecule has 2 heteroatoms. The summed E-state index contributed by atoms with van der Waals surface area (Å²) in [5.41, 5.74) is 3.37. The van der Waals surface area contributed by atoms with Crippen LogP contribution in [0.4, 0.5) is 0 Å². The summed E-state index contributed by atoms with van der Waals surface area (Å²) in [5.74, 6) is 0. The van der Waals surface area contributed by atoms with E-state index in [9.17, 15) is 0 Å². The second-order valence-corrected chi connectivity index (χ2v) is 7.65. The Hall–Kier alpha value is -0.860. The van der Waals surface area contributed by atoms with Crippen LogP contribution < -0.4 is 5.32 Å². The van der Waals surface area contributed by atoms with Gasteiger partial charge in [-0.15, -0.1) is 0 Å². The van der Waals surface area contributed by atoms with Gasteiger partial charge in [-0.05, 0) is 48.9 Å². The number of piperidine rings is 1. The van der Waals surface area contributed by atoms with Gasteiger partial charge in [0.05, 0.1) is 0 Å². The van der Waals surface area contributed by atoms with Crippen LogP contribution in [0.5, 0.6) is 0 Å². The van der Waals surface area contributed by atoms with E-state index in [-0.39, 0.29) is 0 Å². The molecule has 2 nitrogen and oxygen atoms in total. The van der Waals surface area contributed by atoms with Crippen molar-refractivity contribution in [3.8, 4) is 0 Å². The number of benzene rings is 1. The van der Waals surface area contributed by atoms with Gasteiger partial charge in [-0.25, -0.2) is 0 Å². The van der Waals surface area contributed by atoms with Crippen molar-refractivity contribution < 1.29 is 0 Å². The van der Waals surface area contributed by atoms with Gasteiger partial charge in [-0.2, -0.15) is 0 Å². The summed E-state index contributed by atoms with van der Waals surface area (Å²) >= 11 is 0. The molecular weight excluding hydrogens is 256 g/mol. The zero-order valence-corrected chi connectivity index (χ0v) is 14.3. The third kappa shape index (κ3) is 5.80. The summed E-state index contributed by atoms with van der Waals surface area (Å²) < 4.78 is 0. The molecule has 0 saturated carbocycles. The number of hydrogen-bond donors (Lipinski definition) is 1. The molecule has 0 aliphatic carbocycles. The molecule has 0 bridgehead atoms. The molecule has 1 fully saturated rings. The number of hydrogen-bond acceptors (Lipinski definition) is 2. The van der Waals surface area contributed by atoms with Crippen molar-refractivity contribution in [2.75, 3.05) is 19.6 Å². The minimum atomic E-state index is 0.487. The van der Waals surface area contributed by atoms with Gasteiger partial charge in [0.25, 0.3) is 0 Å². The highest BCUT2D eigenvalue weighted by Gasteiger charge is 2.25. The zero-order chi connectivity index (χ0) is 15.3. The maximum atomic E-state index is 3.48. The molecule has 1 aromatic carbocycles. The molecule has 21 heavy (non-hydrogen) atoms. The van der Waals surface area contributed by atoms with E-state index in [2.05, 4.69) is 62.2 Å². The van der Waals surface area contributed by atoms with Crippen molar-refractivity contribution in [1.29, 1.82) is 0 Å². The van der Waals surface area contributed by atoms with Crippen LogP contribution in [0, 0.1) is 5.41 Å². The average molecular weight is 288 g/mol. The summed E-state index contributed by atoms with van der Waals surface area (Å²) in [7, 11) is 0. The number of likely N-dealkylation sites (tertiary alicyclic amines) is 1. The van der Waals surface area contributed by atoms with Crippen LogP contribution in [0.2, 0.25) is 0 Å². The Morgan fingerprint density at radius 3 is 2.43 bits per heavy atom. The van der Waals surface area contributed by atoms with Crippen molar-refractivity contribution in [3.63, 3.8) is 0 Å². The third-order valence-electron chi connectivity index (χ3n) is 4.37. The third-order valence-corrected chi connectivity index (χ3v) is 4.37. The minimum Gasteiger partial charge on any atom is -0.314 e. The summed E-state index contributed by atoms with van der Waals surface area (Å²) in [6, 6.07) is 9.80. The molecule has 0 spiro atoms. The minimum absolute atomic E-state index is 0.487. The molecule has 1 aromatic rings. The Bertz CT molecular complexity index is 420. The van der Waals surface area contributed by atoms with Crippen LogP contribution in [0.25, 0.3) is 0 Å². The highest BCUT2D eigenvalue weighted by molar-refractivity contribution is 5.22. The molecule has 1 aliphatic heterocycles. The van der Waals surface area contributed by atoms with Gasteiger partial charge in [0.15, 0.2) is 0 Å². The van der Waals surface area contributed by atoms with E-state index in [0.29, 0.717) is 11.5 Å². The summed E-state index contributed by atoms with van der Waals surface area (Å²) in [6.45, 7) is 13.8. The number of rotatable bonds is 6. The van der Waals surface area contributed by atoms with E-state index in [1.54, 1.807) is 0 Å². The average Bonchev–Trinajstić information content (AvgIpc) is 2.39.